The molecule has 0 saturated carbocycles. The maximum Gasteiger partial charge on any atom is 0.258 e. The van der Waals surface area contributed by atoms with Gasteiger partial charge in [-0.15, -0.1) is 0 Å². The Morgan fingerprint density at radius 1 is 1.31 bits per heavy atom. The number of hydrogen-bond acceptors (Lipinski definition) is 6. The lowest BCUT2D eigenvalue weighted by Gasteiger charge is -2.26. The zero-order chi connectivity index (χ0) is 27.9. The van der Waals surface area contributed by atoms with Crippen molar-refractivity contribution in [2.75, 3.05) is 25.0 Å². The first-order chi connectivity index (χ1) is 18.8. The Morgan fingerprint density at radius 2 is 2.13 bits per heavy atom. The summed E-state index contributed by atoms with van der Waals surface area (Å²) in [4.78, 5) is 47.1. The lowest BCUT2D eigenvalue weighted by Crippen LogP contribution is -2.34. The molecule has 10 nitrogen and oxygen atoms in total. The molecule has 1 aliphatic rings. The van der Waals surface area contributed by atoms with E-state index in [1.165, 1.54) is 6.08 Å². The van der Waals surface area contributed by atoms with Crippen molar-refractivity contribution in [2.24, 2.45) is 0 Å². The average molecular weight is 553 g/mol. The number of aryl methyl sites for hydroxylation is 1. The summed E-state index contributed by atoms with van der Waals surface area (Å²) in [6, 6.07) is 6.71. The van der Waals surface area contributed by atoms with Crippen LogP contribution >= 0.6 is 11.6 Å². The molecule has 206 valence electrons. The van der Waals surface area contributed by atoms with Crippen LogP contribution in [0.15, 0.2) is 43.1 Å². The standard InChI is InChI=1S/C28H33ClN6O4/c1-4-24(37)34-14-6-5-7-21(16-34)35-26-22(8-9-23(25(26)29)39-19(3)10-12-30-17-36)32-28(35)33-27(38)20-11-13-31-18(2)15-20/h4,8-9,11,13,15,17,19,21H,1,5-7,10,12,14,16H2,2-3H3,(H,30,36)(H,32,33,38)/t19?,21-/m1/s1. The largest absolute Gasteiger partial charge is 0.489 e. The summed E-state index contributed by atoms with van der Waals surface area (Å²) in [5.74, 6) is 0.342. The number of carbonyl (C=O) groups is 3. The second-order valence-electron chi connectivity index (χ2n) is 9.62. The second-order valence-corrected chi connectivity index (χ2v) is 10.00. The Labute approximate surface area is 232 Å². The van der Waals surface area contributed by atoms with Crippen molar-refractivity contribution in [3.63, 3.8) is 0 Å². The van der Waals surface area contributed by atoms with Crippen LogP contribution < -0.4 is 15.4 Å². The van der Waals surface area contributed by atoms with Crippen LogP contribution in [-0.2, 0) is 9.59 Å². The first kappa shape index (κ1) is 28.1. The lowest BCUT2D eigenvalue weighted by atomic mass is 10.1. The minimum absolute atomic E-state index is 0.142. The zero-order valence-electron chi connectivity index (χ0n) is 22.2. The molecule has 11 heteroatoms. The Hall–Kier alpha value is -3.92. The van der Waals surface area contributed by atoms with E-state index in [-0.39, 0.29) is 24.0 Å². The van der Waals surface area contributed by atoms with Gasteiger partial charge >= 0.3 is 0 Å². The Balaban J connectivity index is 1.76. The quantitative estimate of drug-likeness (QED) is 0.220. The van der Waals surface area contributed by atoms with Crippen LogP contribution in [0.2, 0.25) is 5.02 Å². The van der Waals surface area contributed by atoms with Crippen molar-refractivity contribution in [3.05, 3.63) is 59.4 Å². The van der Waals surface area contributed by atoms with E-state index in [4.69, 9.17) is 21.3 Å². The third-order valence-corrected chi connectivity index (χ3v) is 7.11. The Morgan fingerprint density at radius 3 is 2.87 bits per heavy atom. The molecule has 0 spiro atoms. The predicted molar refractivity (Wildman–Crippen MR) is 150 cm³/mol. The summed E-state index contributed by atoms with van der Waals surface area (Å²) >= 11 is 6.95. The van der Waals surface area contributed by atoms with Gasteiger partial charge in [-0.2, -0.15) is 0 Å². The normalized spacial score (nSPS) is 16.3. The third-order valence-electron chi connectivity index (χ3n) is 6.74. The van der Waals surface area contributed by atoms with E-state index in [9.17, 15) is 14.4 Å². The van der Waals surface area contributed by atoms with Crippen molar-refractivity contribution in [1.29, 1.82) is 0 Å². The van der Waals surface area contributed by atoms with Gasteiger partial charge in [0.25, 0.3) is 5.91 Å². The van der Waals surface area contributed by atoms with E-state index < -0.39 is 0 Å². The van der Waals surface area contributed by atoms with Gasteiger partial charge in [-0.25, -0.2) is 4.98 Å². The van der Waals surface area contributed by atoms with Gasteiger partial charge in [0.15, 0.2) is 0 Å². The van der Waals surface area contributed by atoms with Crippen molar-refractivity contribution in [2.45, 2.75) is 51.7 Å². The van der Waals surface area contributed by atoms with E-state index >= 15 is 0 Å². The van der Waals surface area contributed by atoms with Crippen LogP contribution in [0.3, 0.4) is 0 Å². The third kappa shape index (κ3) is 6.57. The molecule has 0 bridgehead atoms. The number of imidazole rings is 1. The van der Waals surface area contributed by atoms with Gasteiger partial charge in [-0.05, 0) is 63.5 Å². The summed E-state index contributed by atoms with van der Waals surface area (Å²) in [5.41, 5.74) is 2.39. The molecule has 0 radical (unpaired) electrons. The van der Waals surface area contributed by atoms with E-state index in [1.807, 2.05) is 18.4 Å². The summed E-state index contributed by atoms with van der Waals surface area (Å²) in [6.07, 6.45) is 6.45. The number of amides is 3. The van der Waals surface area contributed by atoms with E-state index in [0.29, 0.717) is 65.8 Å². The molecular weight excluding hydrogens is 520 g/mol. The number of halogens is 1. The van der Waals surface area contributed by atoms with E-state index in [0.717, 1.165) is 25.0 Å². The number of rotatable bonds is 10. The number of benzene rings is 1. The predicted octanol–water partition coefficient (Wildman–Crippen LogP) is 4.29. The van der Waals surface area contributed by atoms with Gasteiger partial charge in [-0.1, -0.05) is 18.2 Å². The molecule has 2 aromatic heterocycles. The summed E-state index contributed by atoms with van der Waals surface area (Å²) in [7, 11) is 0. The number of hydrogen-bond donors (Lipinski definition) is 2. The highest BCUT2D eigenvalue weighted by atomic mass is 35.5. The van der Waals surface area contributed by atoms with Crippen LogP contribution in [0.25, 0.3) is 11.0 Å². The molecular formula is C28H33ClN6O4. The van der Waals surface area contributed by atoms with Crippen LogP contribution in [-0.4, -0.2) is 63.4 Å². The van der Waals surface area contributed by atoms with Gasteiger partial charge in [0.2, 0.25) is 18.3 Å². The highest BCUT2D eigenvalue weighted by Gasteiger charge is 2.28. The molecule has 1 aromatic carbocycles. The van der Waals surface area contributed by atoms with Gasteiger partial charge in [0.05, 0.1) is 23.2 Å². The van der Waals surface area contributed by atoms with Crippen molar-refractivity contribution in [3.8, 4) is 5.75 Å². The number of likely N-dealkylation sites (tertiary alicyclic amines) is 1. The number of fused-ring (bicyclic) bond motifs is 1. The molecule has 0 aliphatic carbocycles. The number of nitrogens with zero attached hydrogens (tertiary/aromatic N) is 4. The van der Waals surface area contributed by atoms with Crippen LogP contribution in [0.1, 0.15) is 54.7 Å². The Bertz CT molecular complexity index is 1370. The van der Waals surface area contributed by atoms with Crippen molar-refractivity contribution < 1.29 is 19.1 Å². The fourth-order valence-corrected chi connectivity index (χ4v) is 5.10. The molecule has 2 N–H and O–H groups in total. The fraction of sp³-hybridized carbons (Fsp3) is 0.393. The molecule has 2 atom stereocenters. The molecule has 3 amide bonds. The van der Waals surface area contributed by atoms with E-state index in [2.05, 4.69) is 22.2 Å². The van der Waals surface area contributed by atoms with Crippen LogP contribution in [0, 0.1) is 6.92 Å². The molecule has 1 aliphatic heterocycles. The highest BCUT2D eigenvalue weighted by molar-refractivity contribution is 6.36. The first-order valence-corrected chi connectivity index (χ1v) is 13.4. The number of carbonyl (C=O) groups excluding carboxylic acids is 3. The van der Waals surface area contributed by atoms with Gasteiger partial charge in [0, 0.05) is 43.5 Å². The SMILES string of the molecule is C=CC(=O)N1CCCC[C@@H](n2c(NC(=O)c3ccnc(C)c3)nc3ccc(OC(C)CCNC=O)c(Cl)c32)C1. The molecule has 39 heavy (non-hydrogen) atoms. The highest BCUT2D eigenvalue weighted by Crippen LogP contribution is 2.39. The monoisotopic (exact) mass is 552 g/mol. The maximum atomic E-state index is 13.2. The summed E-state index contributed by atoms with van der Waals surface area (Å²) in [6.45, 7) is 8.89. The first-order valence-electron chi connectivity index (χ1n) is 13.0. The Kier molecular flexibility index (Phi) is 9.19. The number of ether oxygens (including phenoxy) is 1. The molecule has 4 rings (SSSR count). The summed E-state index contributed by atoms with van der Waals surface area (Å²) in [5, 5.41) is 5.96. The number of anilines is 1. The molecule has 1 unspecified atom stereocenters. The van der Waals surface area contributed by atoms with E-state index in [1.54, 1.807) is 35.4 Å². The summed E-state index contributed by atoms with van der Waals surface area (Å²) < 4.78 is 8.04. The average Bonchev–Trinajstić information content (AvgIpc) is 3.11. The smallest absolute Gasteiger partial charge is 0.258 e. The van der Waals surface area contributed by atoms with Crippen molar-refractivity contribution >= 4 is 46.8 Å². The number of pyridine rings is 1. The minimum atomic E-state index is -0.325. The topological polar surface area (TPSA) is 118 Å². The number of nitrogens with one attached hydrogen (secondary N) is 2. The molecule has 1 saturated heterocycles. The van der Waals surface area contributed by atoms with Gasteiger partial charge in [-0.3, -0.25) is 24.7 Å². The number of aromatic nitrogens is 3. The van der Waals surface area contributed by atoms with Gasteiger partial charge in [0.1, 0.15) is 10.8 Å². The lowest BCUT2D eigenvalue weighted by molar-refractivity contribution is -0.126. The zero-order valence-corrected chi connectivity index (χ0v) is 22.9. The van der Waals surface area contributed by atoms with Gasteiger partial charge < -0.3 is 19.5 Å². The fourth-order valence-electron chi connectivity index (χ4n) is 4.81. The van der Waals surface area contributed by atoms with Crippen molar-refractivity contribution in [1.82, 2.24) is 24.8 Å². The van der Waals surface area contributed by atoms with Crippen LogP contribution in [0.4, 0.5) is 5.95 Å². The molecule has 3 heterocycles. The maximum absolute atomic E-state index is 13.2. The van der Waals surface area contributed by atoms with Crippen LogP contribution in [0.5, 0.6) is 5.75 Å². The minimum Gasteiger partial charge on any atom is -0.489 e. The second kappa shape index (κ2) is 12.8. The molecule has 1 fully saturated rings. The molecule has 3 aromatic rings.